The van der Waals surface area contributed by atoms with E-state index in [0.29, 0.717) is 6.54 Å². The van der Waals surface area contributed by atoms with Crippen LogP contribution in [-0.2, 0) is 13.5 Å². The molecule has 1 aromatic heterocycles. The molecule has 1 aromatic carbocycles. The maximum atomic E-state index is 5.53. The molecule has 0 bridgehead atoms. The molecule has 17 heavy (non-hydrogen) atoms. The summed E-state index contributed by atoms with van der Waals surface area (Å²) >= 11 is 0. The molecule has 0 saturated carbocycles. The molecule has 2 rings (SSSR count). The molecule has 2 aromatic rings. The quantitative estimate of drug-likeness (QED) is 0.869. The minimum Gasteiger partial charge on any atom is -0.497 e. The largest absolute Gasteiger partial charge is 0.497 e. The number of rotatable bonds is 4. The van der Waals surface area contributed by atoms with E-state index in [1.165, 1.54) is 0 Å². The maximum absolute atomic E-state index is 5.53. The number of nitrogens with two attached hydrogens (primary N) is 1. The lowest BCUT2D eigenvalue weighted by Gasteiger charge is -2.03. The maximum Gasteiger partial charge on any atom is 0.139 e. The lowest BCUT2D eigenvalue weighted by atomic mass is 10.2. The SMILES string of the molecule is COc1ccc(-c2nc(CCN)cn2C)cc1. The van der Waals surface area contributed by atoms with Gasteiger partial charge in [-0.3, -0.25) is 0 Å². The monoisotopic (exact) mass is 231 g/mol. The van der Waals surface area contributed by atoms with Crippen LogP contribution in [0.25, 0.3) is 11.4 Å². The van der Waals surface area contributed by atoms with E-state index in [0.717, 1.165) is 29.3 Å². The summed E-state index contributed by atoms with van der Waals surface area (Å²) in [5, 5.41) is 0. The van der Waals surface area contributed by atoms with Crippen molar-refractivity contribution >= 4 is 0 Å². The Morgan fingerprint density at radius 3 is 2.59 bits per heavy atom. The fourth-order valence-electron chi connectivity index (χ4n) is 1.81. The van der Waals surface area contributed by atoms with Gasteiger partial charge in [-0.2, -0.15) is 0 Å². The Labute approximate surface area is 101 Å². The predicted octanol–water partition coefficient (Wildman–Crippen LogP) is 1.60. The number of hydrogen-bond acceptors (Lipinski definition) is 3. The van der Waals surface area contributed by atoms with Crippen LogP contribution in [0, 0.1) is 0 Å². The third kappa shape index (κ3) is 2.47. The van der Waals surface area contributed by atoms with Gasteiger partial charge in [-0.1, -0.05) is 0 Å². The first-order chi connectivity index (χ1) is 8.24. The van der Waals surface area contributed by atoms with Crippen LogP contribution in [0.3, 0.4) is 0 Å². The van der Waals surface area contributed by atoms with Gasteiger partial charge in [0.1, 0.15) is 11.6 Å². The van der Waals surface area contributed by atoms with Gasteiger partial charge < -0.3 is 15.0 Å². The number of aryl methyl sites for hydroxylation is 1. The molecule has 2 N–H and O–H groups in total. The molecular formula is C13H17N3O. The molecule has 0 amide bonds. The molecule has 0 aliphatic rings. The predicted molar refractivity (Wildman–Crippen MR) is 68.0 cm³/mol. The topological polar surface area (TPSA) is 53.1 Å². The smallest absolute Gasteiger partial charge is 0.139 e. The highest BCUT2D eigenvalue weighted by Crippen LogP contribution is 2.21. The molecular weight excluding hydrogens is 214 g/mol. The lowest BCUT2D eigenvalue weighted by Crippen LogP contribution is -2.02. The van der Waals surface area contributed by atoms with Gasteiger partial charge in [0, 0.05) is 25.2 Å². The van der Waals surface area contributed by atoms with Crippen molar-refractivity contribution < 1.29 is 4.74 Å². The Balaban J connectivity index is 2.31. The molecule has 90 valence electrons. The summed E-state index contributed by atoms with van der Waals surface area (Å²) in [5.41, 5.74) is 7.64. The molecule has 1 heterocycles. The minimum atomic E-state index is 0.624. The number of benzene rings is 1. The van der Waals surface area contributed by atoms with E-state index in [1.807, 2.05) is 42.1 Å². The summed E-state index contributed by atoms with van der Waals surface area (Å²) in [4.78, 5) is 4.57. The van der Waals surface area contributed by atoms with Crippen LogP contribution in [0.15, 0.2) is 30.5 Å². The second-order valence-corrected chi connectivity index (χ2v) is 3.93. The molecule has 0 aliphatic carbocycles. The highest BCUT2D eigenvalue weighted by Gasteiger charge is 2.07. The minimum absolute atomic E-state index is 0.624. The molecule has 0 unspecified atom stereocenters. The lowest BCUT2D eigenvalue weighted by molar-refractivity contribution is 0.415. The highest BCUT2D eigenvalue weighted by molar-refractivity contribution is 5.57. The highest BCUT2D eigenvalue weighted by atomic mass is 16.5. The summed E-state index contributed by atoms with van der Waals surface area (Å²) in [6.07, 6.45) is 2.83. The van der Waals surface area contributed by atoms with Crippen LogP contribution in [-0.4, -0.2) is 23.2 Å². The second-order valence-electron chi connectivity index (χ2n) is 3.93. The van der Waals surface area contributed by atoms with Crippen molar-refractivity contribution in [2.24, 2.45) is 12.8 Å². The van der Waals surface area contributed by atoms with E-state index in [9.17, 15) is 0 Å². The van der Waals surface area contributed by atoms with Crippen LogP contribution in [0.4, 0.5) is 0 Å². The third-order valence-corrected chi connectivity index (χ3v) is 2.67. The zero-order valence-corrected chi connectivity index (χ0v) is 10.2. The van der Waals surface area contributed by atoms with E-state index >= 15 is 0 Å². The molecule has 0 atom stereocenters. The first-order valence-corrected chi connectivity index (χ1v) is 5.61. The molecule has 4 heteroatoms. The van der Waals surface area contributed by atoms with Crippen LogP contribution >= 0.6 is 0 Å². The van der Waals surface area contributed by atoms with Crippen molar-refractivity contribution in [2.45, 2.75) is 6.42 Å². The number of methoxy groups -OCH3 is 1. The number of imidazole rings is 1. The average Bonchev–Trinajstić information content (AvgIpc) is 2.71. The molecule has 0 aliphatic heterocycles. The zero-order chi connectivity index (χ0) is 12.3. The van der Waals surface area contributed by atoms with E-state index in [-0.39, 0.29) is 0 Å². The normalized spacial score (nSPS) is 10.5. The van der Waals surface area contributed by atoms with E-state index < -0.39 is 0 Å². The van der Waals surface area contributed by atoms with E-state index in [4.69, 9.17) is 10.5 Å². The van der Waals surface area contributed by atoms with Crippen molar-refractivity contribution in [1.82, 2.24) is 9.55 Å². The van der Waals surface area contributed by atoms with Crippen molar-refractivity contribution in [2.75, 3.05) is 13.7 Å². The van der Waals surface area contributed by atoms with Gasteiger partial charge in [0.25, 0.3) is 0 Å². The molecule has 0 fully saturated rings. The van der Waals surface area contributed by atoms with Gasteiger partial charge in [-0.05, 0) is 30.8 Å². The van der Waals surface area contributed by atoms with Gasteiger partial charge in [-0.25, -0.2) is 4.98 Å². The summed E-state index contributed by atoms with van der Waals surface area (Å²) in [7, 11) is 3.65. The molecule has 0 spiro atoms. The summed E-state index contributed by atoms with van der Waals surface area (Å²) in [6, 6.07) is 7.89. The van der Waals surface area contributed by atoms with Crippen molar-refractivity contribution in [3.63, 3.8) is 0 Å². The number of hydrogen-bond donors (Lipinski definition) is 1. The van der Waals surface area contributed by atoms with E-state index in [1.54, 1.807) is 7.11 Å². The van der Waals surface area contributed by atoms with Crippen LogP contribution in [0.1, 0.15) is 5.69 Å². The van der Waals surface area contributed by atoms with Gasteiger partial charge in [-0.15, -0.1) is 0 Å². The fraction of sp³-hybridized carbons (Fsp3) is 0.308. The average molecular weight is 231 g/mol. The number of ether oxygens (including phenoxy) is 1. The summed E-state index contributed by atoms with van der Waals surface area (Å²) in [6.45, 7) is 0.624. The van der Waals surface area contributed by atoms with Gasteiger partial charge in [0.15, 0.2) is 0 Å². The Bertz CT molecular complexity index is 488. The van der Waals surface area contributed by atoms with Crippen molar-refractivity contribution in [3.05, 3.63) is 36.2 Å². The van der Waals surface area contributed by atoms with Gasteiger partial charge in [0.05, 0.1) is 12.8 Å². The fourth-order valence-corrected chi connectivity index (χ4v) is 1.81. The molecule has 0 radical (unpaired) electrons. The van der Waals surface area contributed by atoms with Gasteiger partial charge >= 0.3 is 0 Å². The second kappa shape index (κ2) is 5.01. The Morgan fingerprint density at radius 1 is 1.29 bits per heavy atom. The Morgan fingerprint density at radius 2 is 2.00 bits per heavy atom. The van der Waals surface area contributed by atoms with Crippen molar-refractivity contribution in [3.8, 4) is 17.1 Å². The van der Waals surface area contributed by atoms with E-state index in [2.05, 4.69) is 4.98 Å². The van der Waals surface area contributed by atoms with Crippen molar-refractivity contribution in [1.29, 1.82) is 0 Å². The Hall–Kier alpha value is -1.81. The number of nitrogens with zero attached hydrogens (tertiary/aromatic N) is 2. The van der Waals surface area contributed by atoms with Crippen LogP contribution in [0.2, 0.25) is 0 Å². The van der Waals surface area contributed by atoms with Crippen LogP contribution in [0.5, 0.6) is 5.75 Å². The number of aromatic nitrogens is 2. The first kappa shape index (κ1) is 11.7. The molecule has 4 nitrogen and oxygen atoms in total. The first-order valence-electron chi connectivity index (χ1n) is 5.61. The van der Waals surface area contributed by atoms with Crippen LogP contribution < -0.4 is 10.5 Å². The van der Waals surface area contributed by atoms with Gasteiger partial charge in [0.2, 0.25) is 0 Å². The summed E-state index contributed by atoms with van der Waals surface area (Å²) < 4.78 is 7.16. The third-order valence-electron chi connectivity index (χ3n) is 2.67. The Kier molecular flexibility index (Phi) is 3.44. The standard InChI is InChI=1S/C13H17N3O/c1-16-9-11(7-8-14)15-13(16)10-3-5-12(17-2)6-4-10/h3-6,9H,7-8,14H2,1-2H3. The molecule has 0 saturated heterocycles. The zero-order valence-electron chi connectivity index (χ0n) is 10.2. The summed E-state index contributed by atoms with van der Waals surface area (Å²) in [5.74, 6) is 1.81.